The molecule has 0 bridgehead atoms. The third kappa shape index (κ3) is 7.51. The fourth-order valence-corrected chi connectivity index (χ4v) is 3.43. The van der Waals surface area contributed by atoms with Crippen LogP contribution >= 0.6 is 0 Å². The van der Waals surface area contributed by atoms with Gasteiger partial charge in [-0.1, -0.05) is 12.8 Å². The van der Waals surface area contributed by atoms with Crippen LogP contribution in [-0.4, -0.2) is 43.6 Å². The predicted octanol–water partition coefficient (Wildman–Crippen LogP) is 4.90. The molecule has 2 aromatic carbocycles. The number of likely N-dealkylation sites (tertiary alicyclic amines) is 1. The Hall–Kier alpha value is -3.22. The normalized spacial score (nSPS) is 13.8. The summed E-state index contributed by atoms with van der Waals surface area (Å²) in [7, 11) is 1.62. The summed E-state index contributed by atoms with van der Waals surface area (Å²) in [5, 5.41) is 5.81. The average molecular weight is 426 g/mol. The zero-order valence-corrected chi connectivity index (χ0v) is 18.1. The summed E-state index contributed by atoms with van der Waals surface area (Å²) in [6.45, 7) is 2.07. The van der Waals surface area contributed by atoms with Crippen molar-refractivity contribution in [2.24, 2.45) is 0 Å². The fraction of sp³-hybridized carbons (Fsp3) is 0.417. The minimum Gasteiger partial charge on any atom is -0.497 e. The molecule has 2 N–H and O–H groups in total. The van der Waals surface area contributed by atoms with E-state index >= 15 is 0 Å². The van der Waals surface area contributed by atoms with E-state index in [1.807, 2.05) is 29.2 Å². The number of benzene rings is 2. The van der Waals surface area contributed by atoms with Gasteiger partial charge in [0.2, 0.25) is 5.91 Å². The Bertz CT molecular complexity index is 829. The Morgan fingerprint density at radius 1 is 0.839 bits per heavy atom. The van der Waals surface area contributed by atoms with Gasteiger partial charge in [-0.3, -0.25) is 4.79 Å². The van der Waals surface area contributed by atoms with Gasteiger partial charge in [0.05, 0.1) is 13.7 Å². The highest BCUT2D eigenvalue weighted by Crippen LogP contribution is 2.18. The summed E-state index contributed by atoms with van der Waals surface area (Å²) in [4.78, 5) is 26.4. The first kappa shape index (κ1) is 22.5. The van der Waals surface area contributed by atoms with Crippen LogP contribution in [0.1, 0.15) is 38.5 Å². The summed E-state index contributed by atoms with van der Waals surface area (Å²) < 4.78 is 10.7. The molecule has 0 unspecified atom stereocenters. The molecule has 0 aliphatic carbocycles. The highest BCUT2D eigenvalue weighted by Gasteiger charge is 2.15. The Balaban J connectivity index is 1.36. The maximum absolute atomic E-state index is 12.4. The van der Waals surface area contributed by atoms with Gasteiger partial charge in [-0.05, 0) is 67.8 Å². The van der Waals surface area contributed by atoms with Crippen molar-refractivity contribution in [3.05, 3.63) is 48.5 Å². The van der Waals surface area contributed by atoms with Gasteiger partial charge in [0.25, 0.3) is 0 Å². The van der Waals surface area contributed by atoms with E-state index < -0.39 is 0 Å². The van der Waals surface area contributed by atoms with Crippen LogP contribution in [0.15, 0.2) is 48.5 Å². The lowest BCUT2D eigenvalue weighted by molar-refractivity contribution is -0.116. The summed E-state index contributed by atoms with van der Waals surface area (Å²) in [5.41, 5.74) is 1.42. The SMILES string of the molecule is COc1ccc(OCCCC(=O)Nc2ccc(NC(=O)N3CCCCCC3)cc2)cc1. The van der Waals surface area contributed by atoms with E-state index in [1.54, 1.807) is 31.4 Å². The molecule has 3 rings (SSSR count). The minimum absolute atomic E-state index is 0.0597. The van der Waals surface area contributed by atoms with Gasteiger partial charge >= 0.3 is 6.03 Å². The number of urea groups is 1. The highest BCUT2D eigenvalue weighted by atomic mass is 16.5. The van der Waals surface area contributed by atoms with E-state index in [9.17, 15) is 9.59 Å². The number of nitrogens with one attached hydrogen (secondary N) is 2. The average Bonchev–Trinajstić information content (AvgIpc) is 3.08. The molecular formula is C24H31N3O4. The Kier molecular flexibility index (Phi) is 8.58. The number of hydrogen-bond donors (Lipinski definition) is 2. The molecule has 1 aliphatic heterocycles. The van der Waals surface area contributed by atoms with E-state index in [2.05, 4.69) is 10.6 Å². The summed E-state index contributed by atoms with van der Waals surface area (Å²) in [5.74, 6) is 1.46. The van der Waals surface area contributed by atoms with E-state index in [-0.39, 0.29) is 11.9 Å². The molecule has 0 spiro atoms. The maximum atomic E-state index is 12.4. The zero-order chi connectivity index (χ0) is 21.9. The lowest BCUT2D eigenvalue weighted by Crippen LogP contribution is -2.35. The molecular weight excluding hydrogens is 394 g/mol. The first-order valence-corrected chi connectivity index (χ1v) is 10.9. The van der Waals surface area contributed by atoms with Crippen LogP contribution in [-0.2, 0) is 4.79 Å². The topological polar surface area (TPSA) is 79.9 Å². The lowest BCUT2D eigenvalue weighted by atomic mass is 10.2. The third-order valence-electron chi connectivity index (χ3n) is 5.19. The number of amides is 3. The molecule has 1 fully saturated rings. The Morgan fingerprint density at radius 3 is 2.03 bits per heavy atom. The number of anilines is 2. The molecule has 7 nitrogen and oxygen atoms in total. The molecule has 1 saturated heterocycles. The van der Waals surface area contributed by atoms with Crippen molar-refractivity contribution in [3.8, 4) is 11.5 Å². The second-order valence-electron chi connectivity index (χ2n) is 7.58. The second kappa shape index (κ2) is 11.8. The largest absolute Gasteiger partial charge is 0.497 e. The second-order valence-corrected chi connectivity index (χ2v) is 7.58. The number of ether oxygens (including phenoxy) is 2. The number of carbonyl (C=O) groups excluding carboxylic acids is 2. The monoisotopic (exact) mass is 425 g/mol. The van der Waals surface area contributed by atoms with Crippen molar-refractivity contribution < 1.29 is 19.1 Å². The molecule has 1 aliphatic rings. The van der Waals surface area contributed by atoms with Crippen LogP contribution in [0, 0.1) is 0 Å². The van der Waals surface area contributed by atoms with E-state index in [0.717, 1.165) is 43.1 Å². The fourth-order valence-electron chi connectivity index (χ4n) is 3.43. The van der Waals surface area contributed by atoms with Crippen LogP contribution in [0.4, 0.5) is 16.2 Å². The van der Waals surface area contributed by atoms with Gasteiger partial charge in [0.15, 0.2) is 0 Å². The summed E-state index contributed by atoms with van der Waals surface area (Å²) in [6, 6.07) is 14.5. The van der Waals surface area contributed by atoms with Crippen LogP contribution in [0.2, 0.25) is 0 Å². The molecule has 0 atom stereocenters. The van der Waals surface area contributed by atoms with Crippen molar-refractivity contribution in [3.63, 3.8) is 0 Å². The molecule has 2 aromatic rings. The smallest absolute Gasteiger partial charge is 0.321 e. The van der Waals surface area contributed by atoms with Crippen LogP contribution in [0.5, 0.6) is 11.5 Å². The molecule has 31 heavy (non-hydrogen) atoms. The number of rotatable bonds is 8. The van der Waals surface area contributed by atoms with Gasteiger partial charge in [-0.25, -0.2) is 4.79 Å². The molecule has 166 valence electrons. The van der Waals surface area contributed by atoms with Crippen LogP contribution < -0.4 is 20.1 Å². The van der Waals surface area contributed by atoms with Gasteiger partial charge in [-0.2, -0.15) is 0 Å². The number of nitrogens with zero attached hydrogens (tertiary/aromatic N) is 1. The van der Waals surface area contributed by atoms with Crippen molar-refractivity contribution in [1.82, 2.24) is 4.90 Å². The maximum Gasteiger partial charge on any atom is 0.321 e. The number of methoxy groups -OCH3 is 1. The molecule has 0 saturated carbocycles. The summed E-state index contributed by atoms with van der Waals surface area (Å²) >= 11 is 0. The van der Waals surface area contributed by atoms with Crippen LogP contribution in [0.3, 0.4) is 0 Å². The number of hydrogen-bond acceptors (Lipinski definition) is 4. The lowest BCUT2D eigenvalue weighted by Gasteiger charge is -2.20. The number of carbonyl (C=O) groups is 2. The van der Waals surface area contributed by atoms with Crippen LogP contribution in [0.25, 0.3) is 0 Å². The highest BCUT2D eigenvalue weighted by molar-refractivity contribution is 5.92. The predicted molar refractivity (Wildman–Crippen MR) is 122 cm³/mol. The van der Waals surface area contributed by atoms with E-state index in [4.69, 9.17) is 9.47 Å². The van der Waals surface area contributed by atoms with Crippen molar-refractivity contribution in [2.75, 3.05) is 37.4 Å². The Morgan fingerprint density at radius 2 is 1.42 bits per heavy atom. The van der Waals surface area contributed by atoms with Gasteiger partial charge < -0.3 is 25.0 Å². The van der Waals surface area contributed by atoms with E-state index in [0.29, 0.717) is 25.1 Å². The van der Waals surface area contributed by atoms with Crippen molar-refractivity contribution in [2.45, 2.75) is 38.5 Å². The molecule has 0 aromatic heterocycles. The first-order chi connectivity index (χ1) is 15.1. The van der Waals surface area contributed by atoms with Gasteiger partial charge in [-0.15, -0.1) is 0 Å². The third-order valence-corrected chi connectivity index (χ3v) is 5.19. The molecule has 0 radical (unpaired) electrons. The minimum atomic E-state index is -0.0697. The molecule has 1 heterocycles. The molecule has 3 amide bonds. The van der Waals surface area contributed by atoms with Crippen molar-refractivity contribution in [1.29, 1.82) is 0 Å². The Labute approximate surface area is 183 Å². The summed E-state index contributed by atoms with van der Waals surface area (Å²) in [6.07, 6.45) is 5.47. The zero-order valence-electron chi connectivity index (χ0n) is 18.1. The first-order valence-electron chi connectivity index (χ1n) is 10.9. The molecule has 7 heteroatoms. The quantitative estimate of drug-likeness (QED) is 0.590. The van der Waals surface area contributed by atoms with Gasteiger partial charge in [0.1, 0.15) is 11.5 Å². The van der Waals surface area contributed by atoms with E-state index in [1.165, 1.54) is 12.8 Å². The van der Waals surface area contributed by atoms with Crippen molar-refractivity contribution >= 4 is 23.3 Å². The standard InChI is InChI=1S/C24H31N3O4/c1-30-21-12-14-22(15-13-21)31-18-6-7-23(28)25-19-8-10-20(11-9-19)26-24(29)27-16-4-2-3-5-17-27/h8-15H,2-7,16-18H2,1H3,(H,25,28)(H,26,29). The van der Waals surface area contributed by atoms with Gasteiger partial charge in [0, 0.05) is 30.9 Å².